The lowest BCUT2D eigenvalue weighted by molar-refractivity contribution is 0.0747. The molecule has 2 aromatic rings. The van der Waals surface area contributed by atoms with Crippen LogP contribution in [0.25, 0.3) is 5.57 Å². The Kier molecular flexibility index (Phi) is 8.18. The van der Waals surface area contributed by atoms with Crippen molar-refractivity contribution in [1.29, 1.82) is 10.5 Å². The summed E-state index contributed by atoms with van der Waals surface area (Å²) in [5, 5.41) is 18.2. The zero-order valence-electron chi connectivity index (χ0n) is 20.8. The summed E-state index contributed by atoms with van der Waals surface area (Å²) in [6.45, 7) is 5.66. The Morgan fingerprint density at radius 1 is 0.889 bits per heavy atom. The lowest BCUT2D eigenvalue weighted by Crippen LogP contribution is -2.49. The molecule has 2 aromatic carbocycles. The smallest absolute Gasteiger partial charge is 0.256 e. The minimum absolute atomic E-state index is 0.0243. The zero-order valence-corrected chi connectivity index (χ0v) is 21.6. The van der Waals surface area contributed by atoms with E-state index < -0.39 is 5.82 Å². The lowest BCUT2D eigenvalue weighted by atomic mass is 10.0. The zero-order chi connectivity index (χ0) is 25.7. The van der Waals surface area contributed by atoms with Crippen molar-refractivity contribution in [2.75, 3.05) is 55.3 Å². The molecule has 0 saturated carbocycles. The quantitative estimate of drug-likeness (QED) is 0.406. The van der Waals surface area contributed by atoms with Gasteiger partial charge in [-0.15, -0.1) is 11.8 Å². The average molecular weight is 504 g/mol. The van der Waals surface area contributed by atoms with E-state index >= 15 is 4.39 Å². The van der Waals surface area contributed by atoms with Crippen LogP contribution in [0.2, 0.25) is 0 Å². The molecule has 0 unspecified atom stereocenters. The Labute approximate surface area is 216 Å². The highest BCUT2D eigenvalue weighted by Crippen LogP contribution is 2.31. The number of carbonyl (C=O) groups is 1. The number of allylic oxidation sites excluding steroid dienone is 2. The van der Waals surface area contributed by atoms with E-state index in [4.69, 9.17) is 10.5 Å². The molecule has 2 aliphatic rings. The van der Waals surface area contributed by atoms with Gasteiger partial charge in [-0.3, -0.25) is 4.79 Å². The van der Waals surface area contributed by atoms with Crippen LogP contribution < -0.4 is 9.80 Å². The summed E-state index contributed by atoms with van der Waals surface area (Å²) in [5.74, 6) is -0.370. The molecule has 4 rings (SSSR count). The Morgan fingerprint density at radius 3 is 2.14 bits per heavy atom. The first-order chi connectivity index (χ1) is 17.5. The number of nitriles is 2. The van der Waals surface area contributed by atoms with E-state index in [1.54, 1.807) is 30.8 Å². The highest BCUT2D eigenvalue weighted by molar-refractivity contribution is 7.98. The van der Waals surface area contributed by atoms with Crippen LogP contribution >= 0.6 is 11.8 Å². The molecule has 1 amide bonds. The van der Waals surface area contributed by atoms with Gasteiger partial charge >= 0.3 is 0 Å². The molecule has 36 heavy (non-hydrogen) atoms. The number of anilines is 2. The minimum Gasteiger partial charge on any atom is -0.371 e. The molecule has 2 fully saturated rings. The van der Waals surface area contributed by atoms with Gasteiger partial charge in [0.2, 0.25) is 0 Å². The van der Waals surface area contributed by atoms with Crippen molar-refractivity contribution in [2.45, 2.75) is 31.1 Å². The summed E-state index contributed by atoms with van der Waals surface area (Å²) in [5.41, 5.74) is 3.18. The Balaban J connectivity index is 1.49. The van der Waals surface area contributed by atoms with Gasteiger partial charge in [-0.25, -0.2) is 4.39 Å². The van der Waals surface area contributed by atoms with Crippen molar-refractivity contribution in [2.24, 2.45) is 0 Å². The normalized spacial score (nSPS) is 15.8. The van der Waals surface area contributed by atoms with Gasteiger partial charge in [-0.05, 0) is 73.9 Å². The van der Waals surface area contributed by atoms with E-state index in [9.17, 15) is 4.79 Å². The van der Waals surface area contributed by atoms with E-state index in [0.717, 1.165) is 42.1 Å². The number of thioether (sulfide) groups is 1. The van der Waals surface area contributed by atoms with Crippen LogP contribution in [0, 0.1) is 28.5 Å². The number of nitrogens with zero attached hydrogens (tertiary/aromatic N) is 5. The summed E-state index contributed by atoms with van der Waals surface area (Å²) < 4.78 is 15.0. The molecular formula is C28H30FN5OS. The van der Waals surface area contributed by atoms with Crippen LogP contribution in [0.1, 0.15) is 42.1 Å². The van der Waals surface area contributed by atoms with Gasteiger partial charge in [0.25, 0.3) is 5.91 Å². The molecule has 6 nitrogen and oxygen atoms in total. The lowest BCUT2D eigenvalue weighted by Gasteiger charge is -2.37. The number of hydrogen-bond donors (Lipinski definition) is 0. The predicted octanol–water partition coefficient (Wildman–Crippen LogP) is 5.32. The number of piperazine rings is 1. The van der Waals surface area contributed by atoms with Crippen molar-refractivity contribution >= 4 is 34.6 Å². The van der Waals surface area contributed by atoms with E-state index in [2.05, 4.69) is 17.0 Å². The fourth-order valence-corrected chi connectivity index (χ4v) is 5.32. The molecule has 2 aliphatic heterocycles. The molecular weight excluding hydrogens is 473 g/mol. The monoisotopic (exact) mass is 503 g/mol. The molecule has 186 valence electrons. The fourth-order valence-electron chi connectivity index (χ4n) is 4.88. The molecule has 0 aliphatic carbocycles. The number of benzene rings is 2. The molecule has 2 saturated heterocycles. The average Bonchev–Trinajstić information content (AvgIpc) is 2.93. The number of amides is 1. The van der Waals surface area contributed by atoms with Crippen LogP contribution in [0.15, 0.2) is 46.9 Å². The van der Waals surface area contributed by atoms with Crippen LogP contribution in [-0.4, -0.2) is 56.3 Å². The van der Waals surface area contributed by atoms with Crippen LogP contribution in [-0.2, 0) is 0 Å². The highest BCUT2D eigenvalue weighted by Gasteiger charge is 2.27. The van der Waals surface area contributed by atoms with Crippen molar-refractivity contribution in [1.82, 2.24) is 4.90 Å². The number of piperidine rings is 1. The third kappa shape index (κ3) is 5.34. The summed E-state index contributed by atoms with van der Waals surface area (Å²) in [6, 6.07) is 14.7. The first-order valence-corrected chi connectivity index (χ1v) is 13.5. The summed E-state index contributed by atoms with van der Waals surface area (Å²) in [4.78, 5) is 20.8. The molecule has 0 aromatic heterocycles. The van der Waals surface area contributed by atoms with Gasteiger partial charge in [-0.1, -0.05) is 6.07 Å². The minimum atomic E-state index is -0.401. The summed E-state index contributed by atoms with van der Waals surface area (Å²) >= 11 is 1.63. The number of rotatable bonds is 5. The Morgan fingerprint density at radius 2 is 1.53 bits per heavy atom. The SMILES string of the molecule is CSc1ccc(N2CCCCC2)c(C(=O)N2CCN(c3ccc(C(C)=C(C#N)C#N)cc3F)CC2)c1. The largest absolute Gasteiger partial charge is 0.371 e. The number of carbonyl (C=O) groups excluding carboxylic acids is 1. The van der Waals surface area contributed by atoms with Gasteiger partial charge in [0.05, 0.1) is 11.3 Å². The van der Waals surface area contributed by atoms with E-state index in [-0.39, 0.29) is 11.5 Å². The summed E-state index contributed by atoms with van der Waals surface area (Å²) in [6.07, 6.45) is 5.53. The first kappa shape index (κ1) is 25.6. The van der Waals surface area contributed by atoms with E-state index in [0.29, 0.717) is 43.0 Å². The van der Waals surface area contributed by atoms with Crippen molar-refractivity contribution < 1.29 is 9.18 Å². The third-order valence-corrected chi connectivity index (χ3v) is 7.74. The van der Waals surface area contributed by atoms with Gasteiger partial charge in [0.1, 0.15) is 23.5 Å². The number of halogens is 1. The Hall–Kier alpha value is -3.49. The van der Waals surface area contributed by atoms with Crippen LogP contribution in [0.4, 0.5) is 15.8 Å². The van der Waals surface area contributed by atoms with Crippen molar-refractivity contribution in [3.8, 4) is 12.1 Å². The Bertz CT molecular complexity index is 1230. The van der Waals surface area contributed by atoms with Crippen molar-refractivity contribution in [3.63, 3.8) is 0 Å². The second kappa shape index (κ2) is 11.5. The van der Waals surface area contributed by atoms with E-state index in [1.165, 1.54) is 12.5 Å². The molecule has 0 atom stereocenters. The molecule has 0 bridgehead atoms. The van der Waals surface area contributed by atoms with Gasteiger partial charge in [0, 0.05) is 49.9 Å². The topological polar surface area (TPSA) is 74.4 Å². The molecule has 2 heterocycles. The fraction of sp³-hybridized carbons (Fsp3) is 0.393. The number of hydrogen-bond acceptors (Lipinski definition) is 6. The second-order valence-electron chi connectivity index (χ2n) is 9.10. The van der Waals surface area contributed by atoms with Gasteiger partial charge in [0.15, 0.2) is 0 Å². The predicted molar refractivity (Wildman–Crippen MR) is 143 cm³/mol. The standard InChI is InChI=1S/C28H30FN5OS/c1-20(22(18-30)19-31)21-6-8-27(25(29)16-21)33-12-14-34(15-13-33)28(35)24-17-23(36-2)7-9-26(24)32-10-4-3-5-11-32/h6-9,16-17H,3-5,10-15H2,1-2H3. The molecule has 0 N–H and O–H groups in total. The molecule has 8 heteroatoms. The maximum absolute atomic E-state index is 15.0. The highest BCUT2D eigenvalue weighted by atomic mass is 32.2. The van der Waals surface area contributed by atoms with Gasteiger partial charge < -0.3 is 14.7 Å². The second-order valence-corrected chi connectivity index (χ2v) is 9.98. The van der Waals surface area contributed by atoms with Crippen molar-refractivity contribution in [3.05, 3.63) is 58.9 Å². The maximum Gasteiger partial charge on any atom is 0.256 e. The molecule has 0 radical (unpaired) electrons. The van der Waals surface area contributed by atoms with Crippen LogP contribution in [0.5, 0.6) is 0 Å². The van der Waals surface area contributed by atoms with Crippen LogP contribution in [0.3, 0.4) is 0 Å². The third-order valence-electron chi connectivity index (χ3n) is 7.02. The summed E-state index contributed by atoms with van der Waals surface area (Å²) in [7, 11) is 0. The van der Waals surface area contributed by atoms with E-state index in [1.807, 2.05) is 34.3 Å². The first-order valence-electron chi connectivity index (χ1n) is 12.2. The van der Waals surface area contributed by atoms with Gasteiger partial charge in [-0.2, -0.15) is 10.5 Å². The maximum atomic E-state index is 15.0. The molecule has 0 spiro atoms.